The van der Waals surface area contributed by atoms with E-state index in [0.29, 0.717) is 12.3 Å². The van der Waals surface area contributed by atoms with Crippen molar-refractivity contribution >= 4 is 5.91 Å². The molecule has 0 aliphatic heterocycles. The quantitative estimate of drug-likeness (QED) is 0.741. The van der Waals surface area contributed by atoms with Crippen molar-refractivity contribution in [1.29, 1.82) is 0 Å². The number of carbonyl (C=O) groups is 1. The highest BCUT2D eigenvalue weighted by atomic mass is 19.4. The van der Waals surface area contributed by atoms with Gasteiger partial charge in [0.15, 0.2) is 0 Å². The maximum Gasteiger partial charge on any atom is 0.406 e. The Morgan fingerprint density at radius 2 is 2.10 bits per heavy atom. The highest BCUT2D eigenvalue weighted by Crippen LogP contribution is 2.18. The first-order valence-electron chi connectivity index (χ1n) is 6.87. The largest absolute Gasteiger partial charge is 0.467 e. The molecule has 0 saturated carbocycles. The summed E-state index contributed by atoms with van der Waals surface area (Å²) in [6, 6.07) is 3.14. The van der Waals surface area contributed by atoms with Gasteiger partial charge in [-0.05, 0) is 32.1 Å². The average Bonchev–Trinajstić information content (AvgIpc) is 2.86. The van der Waals surface area contributed by atoms with E-state index in [0.717, 1.165) is 17.7 Å². The third-order valence-corrected chi connectivity index (χ3v) is 2.95. The van der Waals surface area contributed by atoms with Gasteiger partial charge in [0.2, 0.25) is 5.91 Å². The van der Waals surface area contributed by atoms with E-state index < -0.39 is 18.6 Å². The van der Waals surface area contributed by atoms with E-state index >= 15 is 0 Å². The normalized spacial score (nSPS) is 11.9. The molecule has 1 heterocycles. The van der Waals surface area contributed by atoms with E-state index in [1.165, 1.54) is 6.26 Å². The van der Waals surface area contributed by atoms with Crippen molar-refractivity contribution in [2.75, 3.05) is 26.7 Å². The van der Waals surface area contributed by atoms with Crippen LogP contribution in [0.15, 0.2) is 22.8 Å². The van der Waals surface area contributed by atoms with E-state index in [1.807, 2.05) is 6.92 Å². The Labute approximate surface area is 122 Å². The molecule has 0 bridgehead atoms. The monoisotopic (exact) mass is 306 g/mol. The predicted molar refractivity (Wildman–Crippen MR) is 72.6 cm³/mol. The number of nitrogens with zero attached hydrogens (tertiary/aromatic N) is 2. The minimum Gasteiger partial charge on any atom is -0.467 e. The summed E-state index contributed by atoms with van der Waals surface area (Å²) in [6.45, 7) is 1.23. The number of furan rings is 1. The van der Waals surface area contributed by atoms with Gasteiger partial charge in [0, 0.05) is 0 Å². The van der Waals surface area contributed by atoms with Crippen LogP contribution in [-0.2, 0) is 11.3 Å². The molecule has 1 aromatic rings. The molecule has 0 saturated heterocycles. The number of rotatable bonds is 8. The molecule has 0 unspecified atom stereocenters. The van der Waals surface area contributed by atoms with E-state index in [2.05, 4.69) is 0 Å². The SMILES string of the molecule is CCCCN(C)CC(=O)N(Cc1ccco1)CC(F)(F)F. The summed E-state index contributed by atoms with van der Waals surface area (Å²) >= 11 is 0. The minimum atomic E-state index is -4.43. The van der Waals surface area contributed by atoms with E-state index in [9.17, 15) is 18.0 Å². The van der Waals surface area contributed by atoms with Crippen LogP contribution in [-0.4, -0.2) is 48.6 Å². The number of carbonyl (C=O) groups excluding carboxylic acids is 1. The van der Waals surface area contributed by atoms with Gasteiger partial charge in [-0.3, -0.25) is 9.69 Å². The highest BCUT2D eigenvalue weighted by molar-refractivity contribution is 5.78. The fourth-order valence-electron chi connectivity index (χ4n) is 1.88. The molecule has 0 radical (unpaired) electrons. The molecule has 21 heavy (non-hydrogen) atoms. The van der Waals surface area contributed by atoms with Crippen LogP contribution in [0.2, 0.25) is 0 Å². The molecule has 1 amide bonds. The zero-order chi connectivity index (χ0) is 15.9. The second-order valence-electron chi connectivity index (χ2n) is 5.04. The molecule has 0 aliphatic rings. The van der Waals surface area contributed by atoms with Crippen LogP contribution in [0.4, 0.5) is 13.2 Å². The number of halogens is 3. The Kier molecular flexibility index (Phi) is 6.74. The fourth-order valence-corrected chi connectivity index (χ4v) is 1.88. The summed E-state index contributed by atoms with van der Waals surface area (Å²) in [6.07, 6.45) is -1.18. The molecule has 4 nitrogen and oxygen atoms in total. The molecule has 0 fully saturated rings. The summed E-state index contributed by atoms with van der Waals surface area (Å²) in [5, 5.41) is 0. The van der Waals surface area contributed by atoms with Crippen molar-refractivity contribution in [3.8, 4) is 0 Å². The van der Waals surface area contributed by atoms with Gasteiger partial charge in [0.05, 0.1) is 19.4 Å². The number of alkyl halides is 3. The number of amides is 1. The standard InChI is InChI=1S/C14H21F3N2O2/c1-3-4-7-18(2)10-13(20)19(11-14(15,16)17)9-12-6-5-8-21-12/h5-6,8H,3-4,7,9-11H2,1-2H3. The topological polar surface area (TPSA) is 36.7 Å². The van der Waals surface area contributed by atoms with Gasteiger partial charge in [-0.15, -0.1) is 0 Å². The maximum atomic E-state index is 12.6. The average molecular weight is 306 g/mol. The van der Waals surface area contributed by atoms with Gasteiger partial charge < -0.3 is 9.32 Å². The number of likely N-dealkylation sites (N-methyl/N-ethyl adjacent to an activating group) is 1. The first kappa shape index (κ1) is 17.6. The van der Waals surface area contributed by atoms with Crippen molar-refractivity contribution < 1.29 is 22.4 Å². The molecule has 7 heteroatoms. The third-order valence-electron chi connectivity index (χ3n) is 2.95. The van der Waals surface area contributed by atoms with Crippen LogP contribution >= 0.6 is 0 Å². The molecular weight excluding hydrogens is 285 g/mol. The van der Waals surface area contributed by atoms with Crippen LogP contribution in [0.1, 0.15) is 25.5 Å². The van der Waals surface area contributed by atoms with E-state index in [-0.39, 0.29) is 13.1 Å². The van der Waals surface area contributed by atoms with E-state index in [4.69, 9.17) is 4.42 Å². The van der Waals surface area contributed by atoms with E-state index in [1.54, 1.807) is 24.1 Å². The molecule has 120 valence electrons. The summed E-state index contributed by atoms with van der Waals surface area (Å²) in [5.74, 6) is -0.217. The summed E-state index contributed by atoms with van der Waals surface area (Å²) in [4.78, 5) is 14.6. The van der Waals surface area contributed by atoms with Gasteiger partial charge in [-0.25, -0.2) is 0 Å². The van der Waals surface area contributed by atoms with Crippen LogP contribution in [0.5, 0.6) is 0 Å². The fraction of sp³-hybridized carbons (Fsp3) is 0.643. The molecule has 0 aliphatic carbocycles. The third kappa shape index (κ3) is 7.17. The summed E-state index contributed by atoms with van der Waals surface area (Å²) in [7, 11) is 1.73. The van der Waals surface area contributed by atoms with Gasteiger partial charge in [0.1, 0.15) is 12.3 Å². The first-order valence-corrected chi connectivity index (χ1v) is 6.87. The summed E-state index contributed by atoms with van der Waals surface area (Å²) in [5.41, 5.74) is 0. The molecule has 0 atom stereocenters. The van der Waals surface area contributed by atoms with Crippen LogP contribution in [0.3, 0.4) is 0 Å². The summed E-state index contributed by atoms with van der Waals surface area (Å²) < 4.78 is 42.8. The Hall–Kier alpha value is -1.50. The Morgan fingerprint density at radius 1 is 1.38 bits per heavy atom. The van der Waals surface area contributed by atoms with Gasteiger partial charge in [0.25, 0.3) is 0 Å². The van der Waals surface area contributed by atoms with Crippen molar-refractivity contribution in [3.63, 3.8) is 0 Å². The van der Waals surface area contributed by atoms with Crippen molar-refractivity contribution in [3.05, 3.63) is 24.2 Å². The number of hydrogen-bond donors (Lipinski definition) is 0. The van der Waals surface area contributed by atoms with Crippen molar-refractivity contribution in [2.45, 2.75) is 32.5 Å². The second-order valence-corrected chi connectivity index (χ2v) is 5.04. The lowest BCUT2D eigenvalue weighted by Crippen LogP contribution is -2.43. The highest BCUT2D eigenvalue weighted by Gasteiger charge is 2.33. The molecule has 0 N–H and O–H groups in total. The second kappa shape index (κ2) is 8.07. The molecular formula is C14H21F3N2O2. The molecule has 0 spiro atoms. The molecule has 1 rings (SSSR count). The Balaban J connectivity index is 2.64. The lowest BCUT2D eigenvalue weighted by Gasteiger charge is -2.25. The van der Waals surface area contributed by atoms with Crippen molar-refractivity contribution in [2.24, 2.45) is 0 Å². The van der Waals surface area contributed by atoms with Crippen molar-refractivity contribution in [1.82, 2.24) is 9.80 Å². The van der Waals surface area contributed by atoms with Crippen LogP contribution < -0.4 is 0 Å². The molecule has 1 aromatic heterocycles. The van der Waals surface area contributed by atoms with Crippen LogP contribution in [0, 0.1) is 0 Å². The predicted octanol–water partition coefficient (Wildman–Crippen LogP) is 2.90. The minimum absolute atomic E-state index is 0.0310. The maximum absolute atomic E-state index is 12.6. The Morgan fingerprint density at radius 3 is 2.62 bits per heavy atom. The lowest BCUT2D eigenvalue weighted by molar-refractivity contribution is -0.163. The number of hydrogen-bond acceptors (Lipinski definition) is 3. The zero-order valence-corrected chi connectivity index (χ0v) is 12.3. The van der Waals surface area contributed by atoms with Gasteiger partial charge in [-0.1, -0.05) is 13.3 Å². The smallest absolute Gasteiger partial charge is 0.406 e. The Bertz CT molecular complexity index is 418. The van der Waals surface area contributed by atoms with Gasteiger partial charge >= 0.3 is 6.18 Å². The zero-order valence-electron chi connectivity index (χ0n) is 12.3. The van der Waals surface area contributed by atoms with Gasteiger partial charge in [-0.2, -0.15) is 13.2 Å². The van der Waals surface area contributed by atoms with Crippen LogP contribution in [0.25, 0.3) is 0 Å². The lowest BCUT2D eigenvalue weighted by atomic mass is 10.3. The molecule has 0 aromatic carbocycles. The number of unbranched alkanes of at least 4 members (excludes halogenated alkanes) is 1. The first-order chi connectivity index (χ1) is 9.81.